The van der Waals surface area contributed by atoms with E-state index in [1.807, 2.05) is 12.1 Å². The van der Waals surface area contributed by atoms with E-state index in [1.165, 1.54) is 29.5 Å². The molecule has 2 N–H and O–H groups in total. The van der Waals surface area contributed by atoms with E-state index in [-0.39, 0.29) is 17.9 Å². The van der Waals surface area contributed by atoms with Gasteiger partial charge in [-0.15, -0.1) is 23.1 Å². The SMILES string of the molecule is O=C1CSc2ccc(C(=O)NCC(c3cccs3)N3CCCC3)cc2N1. The Kier molecular flexibility index (Phi) is 5.28. The molecule has 136 valence electrons. The van der Waals surface area contributed by atoms with Crippen LogP contribution in [0.5, 0.6) is 0 Å². The molecule has 26 heavy (non-hydrogen) atoms. The van der Waals surface area contributed by atoms with Crippen molar-refractivity contribution in [2.45, 2.75) is 23.8 Å². The third kappa shape index (κ3) is 3.79. The van der Waals surface area contributed by atoms with Gasteiger partial charge in [0.25, 0.3) is 5.91 Å². The van der Waals surface area contributed by atoms with E-state index in [2.05, 4.69) is 33.0 Å². The van der Waals surface area contributed by atoms with Crippen LogP contribution in [0, 0.1) is 0 Å². The maximum absolute atomic E-state index is 12.7. The lowest BCUT2D eigenvalue weighted by molar-refractivity contribution is -0.113. The number of hydrogen-bond acceptors (Lipinski definition) is 5. The molecule has 1 aromatic carbocycles. The van der Waals surface area contributed by atoms with E-state index >= 15 is 0 Å². The van der Waals surface area contributed by atoms with Crippen LogP contribution in [-0.4, -0.2) is 42.1 Å². The molecule has 2 aliphatic heterocycles. The number of benzene rings is 1. The topological polar surface area (TPSA) is 61.4 Å². The van der Waals surface area contributed by atoms with Crippen LogP contribution in [0.25, 0.3) is 0 Å². The summed E-state index contributed by atoms with van der Waals surface area (Å²) in [5.41, 5.74) is 1.31. The predicted molar refractivity (Wildman–Crippen MR) is 106 cm³/mol. The third-order valence-electron chi connectivity index (χ3n) is 4.78. The summed E-state index contributed by atoms with van der Waals surface area (Å²) in [6.07, 6.45) is 2.44. The Balaban J connectivity index is 1.45. The van der Waals surface area contributed by atoms with Gasteiger partial charge in [-0.05, 0) is 55.6 Å². The number of likely N-dealkylation sites (tertiary alicyclic amines) is 1. The summed E-state index contributed by atoms with van der Waals surface area (Å²) in [7, 11) is 0. The van der Waals surface area contributed by atoms with Crippen molar-refractivity contribution in [1.29, 1.82) is 0 Å². The zero-order valence-corrected chi connectivity index (χ0v) is 16.0. The summed E-state index contributed by atoms with van der Waals surface area (Å²) in [4.78, 5) is 29.0. The van der Waals surface area contributed by atoms with Gasteiger partial charge < -0.3 is 10.6 Å². The first-order chi connectivity index (χ1) is 12.7. The average Bonchev–Trinajstić information content (AvgIpc) is 3.35. The second-order valence-electron chi connectivity index (χ2n) is 6.53. The summed E-state index contributed by atoms with van der Waals surface area (Å²) in [6.45, 7) is 2.76. The minimum Gasteiger partial charge on any atom is -0.350 e. The van der Waals surface area contributed by atoms with E-state index in [9.17, 15) is 9.59 Å². The molecule has 1 unspecified atom stereocenters. The van der Waals surface area contributed by atoms with Crippen molar-refractivity contribution >= 4 is 40.6 Å². The monoisotopic (exact) mass is 387 g/mol. The first-order valence-electron chi connectivity index (χ1n) is 8.83. The Morgan fingerprint density at radius 2 is 2.12 bits per heavy atom. The number of nitrogens with zero attached hydrogens (tertiary/aromatic N) is 1. The van der Waals surface area contributed by atoms with E-state index < -0.39 is 0 Å². The van der Waals surface area contributed by atoms with E-state index in [4.69, 9.17) is 0 Å². The third-order valence-corrected chi connectivity index (χ3v) is 6.83. The van der Waals surface area contributed by atoms with Crippen LogP contribution in [-0.2, 0) is 4.79 Å². The zero-order valence-electron chi connectivity index (χ0n) is 14.4. The largest absolute Gasteiger partial charge is 0.350 e. The number of thiophene rings is 1. The van der Waals surface area contributed by atoms with Crippen LogP contribution in [0.2, 0.25) is 0 Å². The number of carbonyl (C=O) groups is 2. The molecule has 4 rings (SSSR count). The Hall–Kier alpha value is -1.83. The van der Waals surface area contributed by atoms with Gasteiger partial charge in [-0.3, -0.25) is 14.5 Å². The fourth-order valence-corrected chi connectivity index (χ4v) is 5.11. The molecule has 0 spiro atoms. The fraction of sp³-hybridized carbons (Fsp3) is 0.368. The van der Waals surface area contributed by atoms with Gasteiger partial charge in [0.2, 0.25) is 5.91 Å². The van der Waals surface area contributed by atoms with Crippen molar-refractivity contribution in [2.75, 3.05) is 30.7 Å². The molecule has 1 atom stereocenters. The second-order valence-corrected chi connectivity index (χ2v) is 8.53. The molecule has 1 saturated heterocycles. The molecule has 1 fully saturated rings. The lowest BCUT2D eigenvalue weighted by Gasteiger charge is -2.27. The molecule has 5 nitrogen and oxygen atoms in total. The number of thioether (sulfide) groups is 1. The average molecular weight is 388 g/mol. The van der Waals surface area contributed by atoms with Gasteiger partial charge in [-0.2, -0.15) is 0 Å². The molecular weight excluding hydrogens is 366 g/mol. The minimum atomic E-state index is -0.0987. The van der Waals surface area contributed by atoms with Crippen LogP contribution < -0.4 is 10.6 Å². The quantitative estimate of drug-likeness (QED) is 0.826. The zero-order chi connectivity index (χ0) is 17.9. The maximum atomic E-state index is 12.7. The minimum absolute atomic E-state index is 0.0214. The summed E-state index contributed by atoms with van der Waals surface area (Å²) in [5, 5.41) is 8.02. The number of amides is 2. The highest BCUT2D eigenvalue weighted by Crippen LogP contribution is 2.32. The number of carbonyl (C=O) groups excluding carboxylic acids is 2. The van der Waals surface area contributed by atoms with Crippen LogP contribution in [0.15, 0.2) is 40.6 Å². The van der Waals surface area contributed by atoms with Crippen LogP contribution in [0.4, 0.5) is 5.69 Å². The van der Waals surface area contributed by atoms with Gasteiger partial charge in [-0.1, -0.05) is 6.07 Å². The Morgan fingerprint density at radius 1 is 1.27 bits per heavy atom. The van der Waals surface area contributed by atoms with Gasteiger partial charge in [0.05, 0.1) is 17.5 Å². The molecule has 7 heteroatoms. The van der Waals surface area contributed by atoms with E-state index in [1.54, 1.807) is 17.4 Å². The lowest BCUT2D eigenvalue weighted by atomic mass is 10.1. The predicted octanol–water partition coefficient (Wildman–Crippen LogP) is 3.36. The molecule has 3 heterocycles. The fourth-order valence-electron chi connectivity index (χ4n) is 3.46. The van der Waals surface area contributed by atoms with E-state index in [0.29, 0.717) is 17.9 Å². The highest BCUT2D eigenvalue weighted by atomic mass is 32.2. The second kappa shape index (κ2) is 7.82. The molecule has 1 aromatic heterocycles. The first kappa shape index (κ1) is 17.6. The first-order valence-corrected chi connectivity index (χ1v) is 10.7. The van der Waals surface area contributed by atoms with E-state index in [0.717, 1.165) is 23.7 Å². The summed E-state index contributed by atoms with van der Waals surface area (Å²) < 4.78 is 0. The van der Waals surface area contributed by atoms with Gasteiger partial charge in [0.1, 0.15) is 0 Å². The number of hydrogen-bond donors (Lipinski definition) is 2. The van der Waals surface area contributed by atoms with Gasteiger partial charge in [-0.25, -0.2) is 0 Å². The van der Waals surface area contributed by atoms with Crippen molar-refractivity contribution in [1.82, 2.24) is 10.2 Å². The molecule has 0 aliphatic carbocycles. The number of anilines is 1. The molecule has 0 bridgehead atoms. The number of fused-ring (bicyclic) bond motifs is 1. The molecule has 0 radical (unpaired) electrons. The Morgan fingerprint density at radius 3 is 2.88 bits per heavy atom. The smallest absolute Gasteiger partial charge is 0.251 e. The summed E-state index contributed by atoms with van der Waals surface area (Å²) in [6, 6.07) is 9.94. The Bertz CT molecular complexity index is 801. The van der Waals surface area contributed by atoms with Crippen LogP contribution in [0.3, 0.4) is 0 Å². The van der Waals surface area contributed by atoms with Crippen molar-refractivity contribution < 1.29 is 9.59 Å². The van der Waals surface area contributed by atoms with Crippen molar-refractivity contribution in [3.8, 4) is 0 Å². The normalized spacial score (nSPS) is 18.2. The van der Waals surface area contributed by atoms with Crippen molar-refractivity contribution in [3.63, 3.8) is 0 Å². The van der Waals surface area contributed by atoms with Crippen LogP contribution >= 0.6 is 23.1 Å². The molecule has 2 amide bonds. The summed E-state index contributed by atoms with van der Waals surface area (Å²) in [5.74, 6) is 0.307. The molecule has 2 aliphatic rings. The molecule has 0 saturated carbocycles. The lowest BCUT2D eigenvalue weighted by Crippen LogP contribution is -2.36. The number of rotatable bonds is 5. The standard InChI is InChI=1S/C19H21N3O2S2/c23-18-12-26-16-6-5-13(10-14(16)21-18)19(24)20-11-15(17-4-3-9-25-17)22-7-1-2-8-22/h3-6,9-10,15H,1-2,7-8,11-12H2,(H,20,24)(H,21,23). The van der Waals surface area contributed by atoms with Gasteiger partial charge in [0, 0.05) is 21.9 Å². The van der Waals surface area contributed by atoms with Crippen molar-refractivity contribution in [2.24, 2.45) is 0 Å². The number of nitrogens with one attached hydrogen (secondary N) is 2. The molecular formula is C19H21N3O2S2. The highest BCUT2D eigenvalue weighted by Gasteiger charge is 2.25. The Labute approximate surface area is 161 Å². The molecule has 2 aromatic rings. The van der Waals surface area contributed by atoms with Crippen molar-refractivity contribution in [3.05, 3.63) is 46.2 Å². The van der Waals surface area contributed by atoms with Crippen LogP contribution in [0.1, 0.15) is 34.1 Å². The van der Waals surface area contributed by atoms with Gasteiger partial charge in [0.15, 0.2) is 0 Å². The van der Waals surface area contributed by atoms with Gasteiger partial charge >= 0.3 is 0 Å². The summed E-state index contributed by atoms with van der Waals surface area (Å²) >= 11 is 3.24. The maximum Gasteiger partial charge on any atom is 0.251 e. The highest BCUT2D eigenvalue weighted by molar-refractivity contribution is 8.00.